The number of halogens is 4. The van der Waals surface area contributed by atoms with Gasteiger partial charge in [0.15, 0.2) is 6.29 Å². The average molecular weight is 352 g/mol. The predicted molar refractivity (Wildman–Crippen MR) is 71.8 cm³/mol. The third-order valence-corrected chi connectivity index (χ3v) is 3.74. The number of nitrogens with one attached hydrogen (secondary N) is 1. The van der Waals surface area contributed by atoms with Crippen LogP contribution in [0.25, 0.3) is 0 Å². The van der Waals surface area contributed by atoms with Crippen molar-refractivity contribution >= 4 is 27.9 Å². The smallest absolute Gasteiger partial charge is 0.390 e. The molecule has 0 aromatic heterocycles. The Morgan fingerprint density at radius 1 is 1.45 bits per heavy atom. The van der Waals surface area contributed by atoms with Crippen molar-refractivity contribution in [2.75, 3.05) is 5.32 Å². The van der Waals surface area contributed by atoms with E-state index < -0.39 is 17.3 Å². The number of anilines is 1. The van der Waals surface area contributed by atoms with Crippen LogP contribution in [-0.2, 0) is 6.18 Å². The van der Waals surface area contributed by atoms with Crippen molar-refractivity contribution in [1.82, 2.24) is 0 Å². The Hall–Kier alpha value is -1.08. The lowest BCUT2D eigenvalue weighted by molar-refractivity contribution is -0.137. The molecule has 0 aliphatic heterocycles. The first-order valence-electron chi connectivity index (χ1n) is 5.97. The summed E-state index contributed by atoms with van der Waals surface area (Å²) in [5.74, 6) is 0. The van der Waals surface area contributed by atoms with Gasteiger partial charge in [-0.15, -0.1) is 0 Å². The van der Waals surface area contributed by atoms with Crippen LogP contribution in [0.1, 0.15) is 35.7 Å². The molecular weight excluding hydrogens is 339 g/mol. The van der Waals surface area contributed by atoms with Gasteiger partial charge < -0.3 is 10.4 Å². The van der Waals surface area contributed by atoms with Gasteiger partial charge in [0.2, 0.25) is 0 Å². The zero-order valence-corrected chi connectivity index (χ0v) is 12.2. The zero-order chi connectivity index (χ0) is 15.1. The van der Waals surface area contributed by atoms with Crippen LogP contribution < -0.4 is 5.32 Å². The summed E-state index contributed by atoms with van der Waals surface area (Å²) in [7, 11) is 0. The fraction of sp³-hybridized carbons (Fsp3) is 0.462. The van der Waals surface area contributed by atoms with E-state index in [2.05, 4.69) is 21.2 Å². The highest BCUT2D eigenvalue weighted by Crippen LogP contribution is 2.41. The number of alkyl halides is 3. The molecule has 110 valence electrons. The monoisotopic (exact) mass is 351 g/mol. The van der Waals surface area contributed by atoms with E-state index in [0.29, 0.717) is 19.1 Å². The van der Waals surface area contributed by atoms with E-state index in [0.717, 1.165) is 6.07 Å². The van der Waals surface area contributed by atoms with Crippen LogP contribution in [0.3, 0.4) is 0 Å². The van der Waals surface area contributed by atoms with Crippen LogP contribution in [-0.4, -0.2) is 23.0 Å². The van der Waals surface area contributed by atoms with Crippen LogP contribution in [0.5, 0.6) is 0 Å². The number of rotatable bonds is 3. The minimum atomic E-state index is -4.56. The highest BCUT2D eigenvalue weighted by atomic mass is 79.9. The number of carbonyl (C=O) groups excluding carboxylic acids is 1. The minimum absolute atomic E-state index is 0.0572. The molecule has 3 nitrogen and oxygen atoms in total. The summed E-state index contributed by atoms with van der Waals surface area (Å²) in [6, 6.07) is 2.00. The molecule has 1 fully saturated rings. The molecule has 0 saturated heterocycles. The molecule has 0 spiro atoms. The topological polar surface area (TPSA) is 49.3 Å². The van der Waals surface area contributed by atoms with E-state index in [1.807, 2.05) is 0 Å². The summed E-state index contributed by atoms with van der Waals surface area (Å²) < 4.78 is 39.3. The lowest BCUT2D eigenvalue weighted by Gasteiger charge is -2.42. The SMILES string of the molecule is CC1(O)CC(Nc2c(C=O)cc(Br)cc2C(F)(F)F)C1. The number of aldehydes is 1. The van der Waals surface area contributed by atoms with Crippen molar-refractivity contribution in [2.24, 2.45) is 0 Å². The van der Waals surface area contributed by atoms with Gasteiger partial charge in [0.05, 0.1) is 16.9 Å². The molecule has 1 saturated carbocycles. The van der Waals surface area contributed by atoms with Gasteiger partial charge in [0.25, 0.3) is 0 Å². The molecule has 0 radical (unpaired) electrons. The van der Waals surface area contributed by atoms with E-state index in [9.17, 15) is 23.1 Å². The highest BCUT2D eigenvalue weighted by Gasteiger charge is 2.41. The summed E-state index contributed by atoms with van der Waals surface area (Å²) in [5, 5.41) is 12.3. The number of hydrogen-bond donors (Lipinski definition) is 2. The number of aliphatic hydroxyl groups is 1. The van der Waals surface area contributed by atoms with E-state index in [4.69, 9.17) is 0 Å². The summed E-state index contributed by atoms with van der Waals surface area (Å²) in [6.45, 7) is 1.62. The maximum atomic E-state index is 13.0. The van der Waals surface area contributed by atoms with Crippen molar-refractivity contribution in [2.45, 2.75) is 37.6 Å². The number of carbonyl (C=O) groups is 1. The third-order valence-electron chi connectivity index (χ3n) is 3.29. The van der Waals surface area contributed by atoms with Gasteiger partial charge in [-0.05, 0) is 31.9 Å². The molecule has 2 N–H and O–H groups in total. The lowest BCUT2D eigenvalue weighted by atomic mass is 9.77. The van der Waals surface area contributed by atoms with Crippen LogP contribution in [0.2, 0.25) is 0 Å². The first-order valence-corrected chi connectivity index (χ1v) is 6.76. The fourth-order valence-corrected chi connectivity index (χ4v) is 2.89. The normalized spacial score (nSPS) is 26.0. The fourth-order valence-electron chi connectivity index (χ4n) is 2.41. The Balaban J connectivity index is 2.37. The molecule has 1 aliphatic carbocycles. The molecule has 1 aliphatic rings. The summed E-state index contributed by atoms with van der Waals surface area (Å²) in [4.78, 5) is 11.0. The second kappa shape index (κ2) is 5.04. The molecular formula is C13H13BrF3NO2. The first kappa shape index (κ1) is 15.3. The van der Waals surface area contributed by atoms with Crippen LogP contribution >= 0.6 is 15.9 Å². The predicted octanol–water partition coefficient (Wildman–Crippen LogP) is 3.61. The van der Waals surface area contributed by atoms with Gasteiger partial charge in [0, 0.05) is 16.1 Å². The van der Waals surface area contributed by atoms with Gasteiger partial charge in [-0.25, -0.2) is 0 Å². The molecule has 0 amide bonds. The van der Waals surface area contributed by atoms with Crippen molar-refractivity contribution in [1.29, 1.82) is 0 Å². The molecule has 0 bridgehead atoms. The maximum Gasteiger partial charge on any atom is 0.418 e. The highest BCUT2D eigenvalue weighted by molar-refractivity contribution is 9.10. The average Bonchev–Trinajstić information content (AvgIpc) is 2.26. The molecule has 0 atom stereocenters. The molecule has 0 heterocycles. The largest absolute Gasteiger partial charge is 0.418 e. The Labute approximate surface area is 122 Å². The lowest BCUT2D eigenvalue weighted by Crippen LogP contribution is -2.48. The second-order valence-electron chi connectivity index (χ2n) is 5.28. The molecule has 7 heteroatoms. The van der Waals surface area contributed by atoms with E-state index in [-0.39, 0.29) is 21.8 Å². The molecule has 1 aromatic carbocycles. The third kappa shape index (κ3) is 3.15. The Morgan fingerprint density at radius 2 is 2.05 bits per heavy atom. The maximum absolute atomic E-state index is 13.0. The van der Waals surface area contributed by atoms with E-state index in [1.165, 1.54) is 6.07 Å². The van der Waals surface area contributed by atoms with Crippen molar-refractivity contribution in [3.8, 4) is 0 Å². The van der Waals surface area contributed by atoms with Gasteiger partial charge in [0.1, 0.15) is 0 Å². The van der Waals surface area contributed by atoms with E-state index >= 15 is 0 Å². The van der Waals surface area contributed by atoms with Gasteiger partial charge in [-0.1, -0.05) is 15.9 Å². The number of benzene rings is 1. The minimum Gasteiger partial charge on any atom is -0.390 e. The standard InChI is InChI=1S/C13H13BrF3NO2/c1-12(20)4-9(5-12)18-11-7(6-19)2-8(14)3-10(11)13(15,16)17/h2-3,6,9,18,20H,4-5H2,1H3. The van der Waals surface area contributed by atoms with Gasteiger partial charge in [-0.3, -0.25) is 4.79 Å². The summed E-state index contributed by atoms with van der Waals surface area (Å²) in [6.07, 6.45) is -3.48. The Kier molecular flexibility index (Phi) is 3.85. The van der Waals surface area contributed by atoms with Crippen LogP contribution in [0.4, 0.5) is 18.9 Å². The van der Waals surface area contributed by atoms with E-state index in [1.54, 1.807) is 6.92 Å². The molecule has 20 heavy (non-hydrogen) atoms. The second-order valence-corrected chi connectivity index (χ2v) is 6.20. The van der Waals surface area contributed by atoms with Gasteiger partial charge >= 0.3 is 6.18 Å². The van der Waals surface area contributed by atoms with Crippen molar-refractivity contribution in [3.05, 3.63) is 27.7 Å². The van der Waals surface area contributed by atoms with Crippen molar-refractivity contribution < 1.29 is 23.1 Å². The molecule has 0 unspecified atom stereocenters. The zero-order valence-electron chi connectivity index (χ0n) is 10.6. The van der Waals surface area contributed by atoms with Crippen LogP contribution in [0, 0.1) is 0 Å². The van der Waals surface area contributed by atoms with Crippen LogP contribution in [0.15, 0.2) is 16.6 Å². The van der Waals surface area contributed by atoms with Crippen molar-refractivity contribution in [3.63, 3.8) is 0 Å². The Bertz CT molecular complexity index is 535. The summed E-state index contributed by atoms with van der Waals surface area (Å²) in [5.41, 5.74) is -2.03. The molecule has 2 rings (SSSR count). The summed E-state index contributed by atoms with van der Waals surface area (Å²) >= 11 is 2.97. The Morgan fingerprint density at radius 3 is 2.50 bits per heavy atom. The number of hydrogen-bond acceptors (Lipinski definition) is 3. The molecule has 1 aromatic rings. The first-order chi connectivity index (χ1) is 9.12. The van der Waals surface area contributed by atoms with Gasteiger partial charge in [-0.2, -0.15) is 13.2 Å². The quantitative estimate of drug-likeness (QED) is 0.818.